The van der Waals surface area contributed by atoms with E-state index >= 15 is 0 Å². The molecule has 0 aromatic heterocycles. The quantitative estimate of drug-likeness (QED) is 0.613. The van der Waals surface area contributed by atoms with Crippen molar-refractivity contribution in [3.05, 3.63) is 24.3 Å². The van der Waals surface area contributed by atoms with Gasteiger partial charge in [-0.15, -0.1) is 0 Å². The van der Waals surface area contributed by atoms with Gasteiger partial charge in [-0.2, -0.15) is 0 Å². The smallest absolute Gasteiger partial charge is 0.0446 e. The van der Waals surface area contributed by atoms with Crippen LogP contribution in [0.3, 0.4) is 0 Å². The molecule has 0 aromatic rings. The molecule has 0 aromatic carbocycles. The zero-order valence-electron chi connectivity index (χ0n) is 9.53. The van der Waals surface area contributed by atoms with E-state index in [1.54, 1.807) is 0 Å². The molecule has 0 radical (unpaired) electrons. The third-order valence-corrected chi connectivity index (χ3v) is 2.34. The van der Waals surface area contributed by atoms with Crippen molar-refractivity contribution in [2.75, 3.05) is 13.7 Å². The van der Waals surface area contributed by atoms with Gasteiger partial charge in [0.25, 0.3) is 0 Å². The first kappa shape index (κ1) is 13.4. The van der Waals surface area contributed by atoms with E-state index in [0.29, 0.717) is 12.0 Å². The van der Waals surface area contributed by atoms with Gasteiger partial charge in [0.2, 0.25) is 0 Å². The molecule has 82 valence electrons. The molecule has 0 saturated carbocycles. The molecular weight excluding hydrogens is 174 g/mol. The minimum Gasteiger partial charge on any atom is -0.396 e. The van der Waals surface area contributed by atoms with E-state index in [1.807, 2.05) is 7.05 Å². The molecule has 0 aliphatic carbocycles. The molecule has 0 fully saturated rings. The number of nitrogens with one attached hydrogen (secondary N) is 1. The molecule has 2 atom stereocenters. The first-order valence-corrected chi connectivity index (χ1v) is 5.37. The van der Waals surface area contributed by atoms with Gasteiger partial charge in [0.15, 0.2) is 0 Å². The highest BCUT2D eigenvalue weighted by Gasteiger charge is 2.10. The van der Waals surface area contributed by atoms with Crippen LogP contribution in [0.4, 0.5) is 0 Å². The van der Waals surface area contributed by atoms with Crippen LogP contribution in [-0.2, 0) is 0 Å². The molecule has 0 amide bonds. The molecular formula is C12H23NO. The Balaban J connectivity index is 3.95. The maximum atomic E-state index is 8.85. The van der Waals surface area contributed by atoms with Crippen LogP contribution in [0.2, 0.25) is 0 Å². The number of allylic oxidation sites excluding steroid dienone is 3. The van der Waals surface area contributed by atoms with Crippen molar-refractivity contribution in [3.8, 4) is 0 Å². The van der Waals surface area contributed by atoms with Crippen molar-refractivity contribution < 1.29 is 5.11 Å². The largest absolute Gasteiger partial charge is 0.396 e. The Labute approximate surface area is 87.7 Å². The lowest BCUT2D eigenvalue weighted by molar-refractivity contribution is 0.255. The highest BCUT2D eigenvalue weighted by Crippen LogP contribution is 2.08. The Morgan fingerprint density at radius 3 is 2.57 bits per heavy atom. The van der Waals surface area contributed by atoms with Crippen molar-refractivity contribution >= 4 is 0 Å². The third-order valence-electron chi connectivity index (χ3n) is 2.34. The van der Waals surface area contributed by atoms with Gasteiger partial charge in [-0.1, -0.05) is 38.2 Å². The molecule has 2 N–H and O–H groups in total. The van der Waals surface area contributed by atoms with Crippen LogP contribution in [0.1, 0.15) is 26.7 Å². The molecule has 0 bridgehead atoms. The summed E-state index contributed by atoms with van der Waals surface area (Å²) in [5.74, 6) is 0.452. The van der Waals surface area contributed by atoms with Crippen LogP contribution in [0.25, 0.3) is 0 Å². The summed E-state index contributed by atoms with van der Waals surface area (Å²) in [6.07, 6.45) is 10.3. The monoisotopic (exact) mass is 197 g/mol. The molecule has 0 aliphatic rings. The maximum Gasteiger partial charge on any atom is 0.0446 e. The van der Waals surface area contributed by atoms with E-state index < -0.39 is 0 Å². The van der Waals surface area contributed by atoms with E-state index in [9.17, 15) is 0 Å². The molecule has 2 unspecified atom stereocenters. The summed E-state index contributed by atoms with van der Waals surface area (Å²) >= 11 is 0. The lowest BCUT2D eigenvalue weighted by Crippen LogP contribution is -2.31. The number of rotatable bonds is 7. The van der Waals surface area contributed by atoms with E-state index in [-0.39, 0.29) is 6.61 Å². The van der Waals surface area contributed by atoms with Gasteiger partial charge in [-0.25, -0.2) is 0 Å². The maximum absolute atomic E-state index is 8.85. The molecule has 0 saturated heterocycles. The van der Waals surface area contributed by atoms with Crippen LogP contribution < -0.4 is 5.32 Å². The summed E-state index contributed by atoms with van der Waals surface area (Å²) < 4.78 is 0. The number of hydrogen-bond donors (Lipinski definition) is 2. The third kappa shape index (κ3) is 5.95. The average molecular weight is 197 g/mol. The van der Waals surface area contributed by atoms with Crippen molar-refractivity contribution in [1.29, 1.82) is 0 Å². The average Bonchev–Trinajstić information content (AvgIpc) is 2.20. The van der Waals surface area contributed by atoms with Crippen LogP contribution in [0.15, 0.2) is 24.3 Å². The Bertz CT molecular complexity index is 175. The summed E-state index contributed by atoms with van der Waals surface area (Å²) in [5, 5.41) is 12.1. The van der Waals surface area contributed by atoms with Gasteiger partial charge < -0.3 is 10.4 Å². The standard InChI is InChI=1S/C12H23NO/c1-4-5-6-7-8-11(2)12(13-3)9-10-14/h5-8,11-14H,4,9-10H2,1-3H3/b6-5-,8-7-. The molecule has 14 heavy (non-hydrogen) atoms. The predicted octanol–water partition coefficient (Wildman–Crippen LogP) is 2.12. The lowest BCUT2D eigenvalue weighted by Gasteiger charge is -2.19. The Kier molecular flexibility index (Phi) is 8.59. The molecule has 0 rings (SSSR count). The highest BCUT2D eigenvalue weighted by molar-refractivity contribution is 5.05. The van der Waals surface area contributed by atoms with Crippen LogP contribution in [0.5, 0.6) is 0 Å². The Hall–Kier alpha value is -0.600. The second kappa shape index (κ2) is 8.97. The van der Waals surface area contributed by atoms with Gasteiger partial charge in [0.1, 0.15) is 0 Å². The minimum atomic E-state index is 0.245. The van der Waals surface area contributed by atoms with Crippen LogP contribution >= 0.6 is 0 Å². The van der Waals surface area contributed by atoms with E-state index in [0.717, 1.165) is 12.8 Å². The first-order valence-electron chi connectivity index (χ1n) is 5.37. The molecule has 2 heteroatoms. The van der Waals surface area contributed by atoms with Gasteiger partial charge in [-0.3, -0.25) is 0 Å². The number of hydrogen-bond acceptors (Lipinski definition) is 2. The second-order valence-electron chi connectivity index (χ2n) is 3.49. The van der Waals surface area contributed by atoms with Crippen molar-refractivity contribution in [1.82, 2.24) is 5.32 Å². The molecule has 0 aliphatic heterocycles. The summed E-state index contributed by atoms with van der Waals surface area (Å²) in [4.78, 5) is 0. The second-order valence-corrected chi connectivity index (χ2v) is 3.49. The van der Waals surface area contributed by atoms with E-state index in [4.69, 9.17) is 5.11 Å². The summed E-state index contributed by atoms with van der Waals surface area (Å²) in [7, 11) is 1.94. The lowest BCUT2D eigenvalue weighted by atomic mass is 9.99. The summed E-state index contributed by atoms with van der Waals surface area (Å²) in [5.41, 5.74) is 0. The zero-order chi connectivity index (χ0) is 10.8. The van der Waals surface area contributed by atoms with E-state index in [1.165, 1.54) is 0 Å². The fraction of sp³-hybridized carbons (Fsp3) is 0.667. The first-order chi connectivity index (χ1) is 6.76. The van der Waals surface area contributed by atoms with Gasteiger partial charge in [0, 0.05) is 12.6 Å². The van der Waals surface area contributed by atoms with Gasteiger partial charge in [0.05, 0.1) is 0 Å². The summed E-state index contributed by atoms with van der Waals surface area (Å²) in [6.45, 7) is 4.53. The molecule has 0 spiro atoms. The predicted molar refractivity (Wildman–Crippen MR) is 62.3 cm³/mol. The van der Waals surface area contributed by atoms with Crippen LogP contribution in [-0.4, -0.2) is 24.8 Å². The van der Waals surface area contributed by atoms with Crippen molar-refractivity contribution in [2.45, 2.75) is 32.7 Å². The number of aliphatic hydroxyl groups excluding tert-OH is 1. The van der Waals surface area contributed by atoms with Crippen molar-refractivity contribution in [2.24, 2.45) is 5.92 Å². The zero-order valence-corrected chi connectivity index (χ0v) is 9.53. The molecule has 2 nitrogen and oxygen atoms in total. The Morgan fingerprint density at radius 2 is 2.07 bits per heavy atom. The Morgan fingerprint density at radius 1 is 1.36 bits per heavy atom. The fourth-order valence-electron chi connectivity index (χ4n) is 1.40. The van der Waals surface area contributed by atoms with Crippen LogP contribution in [0, 0.1) is 5.92 Å². The number of aliphatic hydroxyl groups is 1. The normalized spacial score (nSPS) is 16.6. The minimum absolute atomic E-state index is 0.245. The topological polar surface area (TPSA) is 32.3 Å². The fourth-order valence-corrected chi connectivity index (χ4v) is 1.40. The van der Waals surface area contributed by atoms with E-state index in [2.05, 4.69) is 43.5 Å². The van der Waals surface area contributed by atoms with Gasteiger partial charge in [-0.05, 0) is 25.8 Å². The van der Waals surface area contributed by atoms with Gasteiger partial charge >= 0.3 is 0 Å². The SMILES string of the molecule is CC/C=C\C=C/C(C)C(CCO)NC. The van der Waals surface area contributed by atoms with Crippen molar-refractivity contribution in [3.63, 3.8) is 0 Å². The molecule has 0 heterocycles. The highest BCUT2D eigenvalue weighted by atomic mass is 16.3. The summed E-state index contributed by atoms with van der Waals surface area (Å²) in [6, 6.07) is 0.367.